The lowest BCUT2D eigenvalue weighted by Crippen LogP contribution is -2.67. The Hall–Kier alpha value is -1.47. The minimum atomic E-state index is -0.431. The molecule has 24 heavy (non-hydrogen) atoms. The number of hydrogen-bond donors (Lipinski definition) is 1. The lowest BCUT2D eigenvalue weighted by molar-refractivity contribution is -0.155. The Balaban J connectivity index is 1.56. The van der Waals surface area contributed by atoms with Gasteiger partial charge in [-0.2, -0.15) is 0 Å². The largest absolute Gasteiger partial charge is 0.377 e. The predicted octanol–water partition coefficient (Wildman–Crippen LogP) is 0.518. The Kier molecular flexibility index (Phi) is 4.54. The highest BCUT2D eigenvalue weighted by Gasteiger charge is 2.49. The van der Waals surface area contributed by atoms with Crippen LogP contribution in [0.2, 0.25) is 0 Å². The molecule has 0 radical (unpaired) electrons. The van der Waals surface area contributed by atoms with Crippen molar-refractivity contribution in [3.8, 4) is 0 Å². The second kappa shape index (κ2) is 6.80. The Bertz CT molecular complexity index is 574. The van der Waals surface area contributed by atoms with Crippen LogP contribution in [0, 0.1) is 0 Å². The number of amides is 1. The molecule has 0 unspecified atom stereocenters. The van der Waals surface area contributed by atoms with Crippen LogP contribution in [0.1, 0.15) is 12.0 Å². The zero-order valence-corrected chi connectivity index (χ0v) is 13.8. The van der Waals surface area contributed by atoms with Crippen molar-refractivity contribution in [3.05, 3.63) is 35.9 Å². The number of ether oxygens (including phenoxy) is 3. The van der Waals surface area contributed by atoms with E-state index in [0.717, 1.165) is 25.1 Å². The van der Waals surface area contributed by atoms with Gasteiger partial charge in [-0.3, -0.25) is 9.69 Å². The van der Waals surface area contributed by atoms with Gasteiger partial charge in [0.2, 0.25) is 5.91 Å². The summed E-state index contributed by atoms with van der Waals surface area (Å²) in [7, 11) is 0. The van der Waals surface area contributed by atoms with Gasteiger partial charge in [-0.05, 0) is 12.0 Å². The van der Waals surface area contributed by atoms with Gasteiger partial charge in [-0.15, -0.1) is 0 Å². The molecule has 3 aliphatic rings. The second-order valence-corrected chi connectivity index (χ2v) is 6.73. The number of rotatable bonds is 2. The zero-order chi connectivity index (χ0) is 16.4. The number of carbonyl (C=O) groups excluding carboxylic acids is 1. The van der Waals surface area contributed by atoms with E-state index in [2.05, 4.69) is 22.3 Å². The molecular formula is C18H24N2O4. The number of likely N-dealkylation sites (tertiary alicyclic amines) is 1. The lowest BCUT2D eigenvalue weighted by Gasteiger charge is -2.51. The van der Waals surface area contributed by atoms with Gasteiger partial charge >= 0.3 is 0 Å². The lowest BCUT2D eigenvalue weighted by atomic mass is 9.77. The van der Waals surface area contributed by atoms with E-state index in [1.54, 1.807) is 0 Å². The van der Waals surface area contributed by atoms with Crippen LogP contribution in [0.3, 0.4) is 0 Å². The topological polar surface area (TPSA) is 60.0 Å². The van der Waals surface area contributed by atoms with Crippen molar-refractivity contribution in [3.63, 3.8) is 0 Å². The van der Waals surface area contributed by atoms with Crippen LogP contribution >= 0.6 is 0 Å². The molecule has 0 spiro atoms. The molecule has 1 N–H and O–H groups in total. The third kappa shape index (κ3) is 2.95. The van der Waals surface area contributed by atoms with Crippen LogP contribution < -0.4 is 5.32 Å². The third-order valence-electron chi connectivity index (χ3n) is 5.32. The van der Waals surface area contributed by atoms with Crippen LogP contribution in [0.25, 0.3) is 0 Å². The molecule has 3 heterocycles. The summed E-state index contributed by atoms with van der Waals surface area (Å²) in [6.07, 6.45) is 0.763. The van der Waals surface area contributed by atoms with Gasteiger partial charge in [0.15, 0.2) is 0 Å². The predicted molar refractivity (Wildman–Crippen MR) is 87.6 cm³/mol. The molecule has 3 saturated heterocycles. The summed E-state index contributed by atoms with van der Waals surface area (Å²) in [6.45, 7) is 4.49. The highest BCUT2D eigenvalue weighted by atomic mass is 16.5. The number of carbonyl (C=O) groups is 1. The first-order valence-corrected chi connectivity index (χ1v) is 8.66. The summed E-state index contributed by atoms with van der Waals surface area (Å²) < 4.78 is 17.3. The summed E-state index contributed by atoms with van der Waals surface area (Å²) >= 11 is 0. The molecule has 1 aromatic rings. The van der Waals surface area contributed by atoms with Crippen molar-refractivity contribution in [1.29, 1.82) is 0 Å². The van der Waals surface area contributed by atoms with Gasteiger partial charge in [-0.25, -0.2) is 0 Å². The average Bonchev–Trinajstić information content (AvgIpc) is 2.91. The normalized spacial score (nSPS) is 32.7. The van der Waals surface area contributed by atoms with Gasteiger partial charge in [0, 0.05) is 13.1 Å². The Morgan fingerprint density at radius 1 is 1.12 bits per heavy atom. The van der Waals surface area contributed by atoms with Crippen molar-refractivity contribution in [1.82, 2.24) is 10.2 Å². The van der Waals surface area contributed by atoms with E-state index < -0.39 is 5.54 Å². The summed E-state index contributed by atoms with van der Waals surface area (Å²) in [4.78, 5) is 14.4. The fourth-order valence-electron chi connectivity index (χ4n) is 4.03. The van der Waals surface area contributed by atoms with E-state index in [1.807, 2.05) is 18.2 Å². The van der Waals surface area contributed by atoms with Gasteiger partial charge in [0.25, 0.3) is 0 Å². The number of morpholine rings is 1. The summed E-state index contributed by atoms with van der Waals surface area (Å²) in [5.74, 6) is -0.0373. The zero-order valence-electron chi connectivity index (χ0n) is 13.8. The molecule has 3 aliphatic heterocycles. The quantitative estimate of drug-likeness (QED) is 0.856. The maximum atomic E-state index is 12.0. The molecule has 1 amide bonds. The Morgan fingerprint density at radius 2 is 1.88 bits per heavy atom. The van der Waals surface area contributed by atoms with Crippen molar-refractivity contribution in [2.24, 2.45) is 0 Å². The van der Waals surface area contributed by atoms with E-state index in [1.165, 1.54) is 0 Å². The van der Waals surface area contributed by atoms with Crippen molar-refractivity contribution in [2.75, 3.05) is 46.1 Å². The number of hydrogen-bond acceptors (Lipinski definition) is 5. The van der Waals surface area contributed by atoms with E-state index in [4.69, 9.17) is 14.2 Å². The van der Waals surface area contributed by atoms with Crippen LogP contribution in [-0.2, 0) is 24.5 Å². The van der Waals surface area contributed by atoms with E-state index >= 15 is 0 Å². The first-order valence-electron chi connectivity index (χ1n) is 8.66. The minimum absolute atomic E-state index is 0.0373. The van der Waals surface area contributed by atoms with E-state index in [-0.39, 0.29) is 24.7 Å². The van der Waals surface area contributed by atoms with Gasteiger partial charge in [-0.1, -0.05) is 30.3 Å². The Labute approximate surface area is 142 Å². The van der Waals surface area contributed by atoms with Crippen molar-refractivity contribution >= 4 is 5.91 Å². The number of nitrogens with zero attached hydrogens (tertiary/aromatic N) is 1. The average molecular weight is 332 g/mol. The molecule has 4 rings (SSSR count). The molecule has 3 fully saturated rings. The number of nitrogens with one attached hydrogen (secondary N) is 1. The van der Waals surface area contributed by atoms with Crippen molar-refractivity contribution in [2.45, 2.75) is 24.1 Å². The summed E-state index contributed by atoms with van der Waals surface area (Å²) in [5, 5.41) is 3.23. The Morgan fingerprint density at radius 3 is 2.62 bits per heavy atom. The number of benzene rings is 1. The first kappa shape index (κ1) is 16.0. The molecule has 0 aromatic heterocycles. The molecule has 0 saturated carbocycles. The molecule has 6 nitrogen and oxygen atoms in total. The smallest absolute Gasteiger partial charge is 0.246 e. The third-order valence-corrected chi connectivity index (χ3v) is 5.32. The number of fused-ring (bicyclic) bond motifs is 1. The van der Waals surface area contributed by atoms with E-state index in [9.17, 15) is 4.79 Å². The molecule has 130 valence electrons. The van der Waals surface area contributed by atoms with Gasteiger partial charge in [0.1, 0.15) is 6.61 Å². The summed E-state index contributed by atoms with van der Waals surface area (Å²) in [5.41, 5.74) is 0.690. The standard InChI is InChI=1S/C18H24N2O4/c21-17-13-24-16-10-20(15-11-22-8-9-23-12-15)7-6-18(16,19-17)14-4-2-1-3-5-14/h1-5,15-16H,6-13H2,(H,19,21)/t16-,18+/m1/s1. The van der Waals surface area contributed by atoms with Crippen molar-refractivity contribution < 1.29 is 19.0 Å². The molecule has 0 bridgehead atoms. The SMILES string of the molecule is O=C1CO[C@@H]2CN(C3COCCOC3)CC[C@@]2(c2ccccc2)N1. The highest BCUT2D eigenvalue weighted by molar-refractivity contribution is 5.79. The molecule has 2 atom stereocenters. The van der Waals surface area contributed by atoms with Crippen LogP contribution in [0.5, 0.6) is 0 Å². The molecule has 1 aromatic carbocycles. The van der Waals surface area contributed by atoms with Crippen LogP contribution in [0.4, 0.5) is 0 Å². The van der Waals surface area contributed by atoms with Crippen LogP contribution in [-0.4, -0.2) is 69.1 Å². The second-order valence-electron chi connectivity index (χ2n) is 6.73. The molecular weight excluding hydrogens is 308 g/mol. The maximum Gasteiger partial charge on any atom is 0.246 e. The number of piperidine rings is 1. The maximum absolute atomic E-state index is 12.0. The monoisotopic (exact) mass is 332 g/mol. The highest BCUT2D eigenvalue weighted by Crippen LogP contribution is 2.37. The molecule has 0 aliphatic carbocycles. The summed E-state index contributed by atoms with van der Waals surface area (Å²) in [6, 6.07) is 10.4. The van der Waals surface area contributed by atoms with Gasteiger partial charge in [0.05, 0.1) is 44.1 Å². The first-order chi connectivity index (χ1) is 11.8. The molecule has 6 heteroatoms. The van der Waals surface area contributed by atoms with Gasteiger partial charge < -0.3 is 19.5 Å². The fourth-order valence-corrected chi connectivity index (χ4v) is 4.03. The fraction of sp³-hybridized carbons (Fsp3) is 0.611. The van der Waals surface area contributed by atoms with E-state index in [0.29, 0.717) is 26.4 Å². The minimum Gasteiger partial charge on any atom is -0.377 e. The van der Waals surface area contributed by atoms with Crippen LogP contribution in [0.15, 0.2) is 30.3 Å².